The Morgan fingerprint density at radius 1 is 1.46 bits per heavy atom. The van der Waals surface area contributed by atoms with Gasteiger partial charge in [0.2, 0.25) is 0 Å². The summed E-state index contributed by atoms with van der Waals surface area (Å²) >= 11 is 0. The van der Waals surface area contributed by atoms with Gasteiger partial charge < -0.3 is 5.32 Å². The van der Waals surface area contributed by atoms with Gasteiger partial charge in [0.15, 0.2) is 0 Å². The molecule has 0 aliphatic carbocycles. The molecule has 1 aromatic carbocycles. The van der Waals surface area contributed by atoms with E-state index >= 15 is 0 Å². The maximum atomic E-state index is 8.85. The number of fused-ring (bicyclic) bond motifs is 1. The van der Waals surface area contributed by atoms with Crippen LogP contribution in [-0.4, -0.2) is 6.54 Å². The van der Waals surface area contributed by atoms with Crippen molar-refractivity contribution in [1.82, 2.24) is 0 Å². The van der Waals surface area contributed by atoms with E-state index in [-0.39, 0.29) is 0 Å². The molecule has 1 aliphatic rings. The van der Waals surface area contributed by atoms with E-state index in [0.29, 0.717) is 0 Å². The highest BCUT2D eigenvalue weighted by Gasteiger charge is 2.12. The van der Waals surface area contributed by atoms with Crippen LogP contribution in [0.25, 0.3) is 0 Å². The van der Waals surface area contributed by atoms with Crippen LogP contribution in [0.5, 0.6) is 0 Å². The summed E-state index contributed by atoms with van der Waals surface area (Å²) in [7, 11) is 0. The normalized spacial score (nSPS) is 14.2. The van der Waals surface area contributed by atoms with Crippen LogP contribution in [0.1, 0.15) is 23.1 Å². The summed E-state index contributed by atoms with van der Waals surface area (Å²) in [5.74, 6) is 0. The lowest BCUT2D eigenvalue weighted by molar-refractivity contribution is 0.823. The van der Waals surface area contributed by atoms with Crippen molar-refractivity contribution in [2.45, 2.75) is 19.8 Å². The summed E-state index contributed by atoms with van der Waals surface area (Å²) < 4.78 is 0. The lowest BCUT2D eigenvalue weighted by Gasteiger charge is -2.20. The van der Waals surface area contributed by atoms with Crippen LogP contribution in [-0.2, 0) is 6.42 Å². The van der Waals surface area contributed by atoms with Crippen molar-refractivity contribution < 1.29 is 0 Å². The minimum Gasteiger partial charge on any atom is -0.385 e. The van der Waals surface area contributed by atoms with Gasteiger partial charge in [-0.1, -0.05) is 0 Å². The van der Waals surface area contributed by atoms with E-state index in [4.69, 9.17) is 5.26 Å². The number of nitrogens with zero attached hydrogens (tertiary/aromatic N) is 1. The molecule has 0 unspecified atom stereocenters. The second-order valence-corrected chi connectivity index (χ2v) is 3.41. The Morgan fingerprint density at radius 2 is 2.31 bits per heavy atom. The van der Waals surface area contributed by atoms with Gasteiger partial charge in [0.05, 0.1) is 11.6 Å². The van der Waals surface area contributed by atoms with Crippen molar-refractivity contribution >= 4 is 5.69 Å². The monoisotopic (exact) mass is 172 g/mol. The first-order chi connectivity index (χ1) is 6.33. The van der Waals surface area contributed by atoms with Crippen LogP contribution in [0.4, 0.5) is 5.69 Å². The Hall–Kier alpha value is -1.49. The third kappa shape index (κ3) is 1.27. The molecule has 0 bridgehead atoms. The fourth-order valence-electron chi connectivity index (χ4n) is 1.85. The molecule has 0 fully saturated rings. The smallest absolute Gasteiger partial charge is 0.0994 e. The quantitative estimate of drug-likeness (QED) is 0.651. The first kappa shape index (κ1) is 8.12. The second kappa shape index (κ2) is 3.10. The van der Waals surface area contributed by atoms with Gasteiger partial charge in [0.25, 0.3) is 0 Å². The van der Waals surface area contributed by atoms with Crippen molar-refractivity contribution in [2.24, 2.45) is 0 Å². The minimum absolute atomic E-state index is 0.808. The summed E-state index contributed by atoms with van der Waals surface area (Å²) in [6, 6.07) is 6.13. The summed E-state index contributed by atoms with van der Waals surface area (Å²) in [6.07, 6.45) is 2.27. The first-order valence-electron chi connectivity index (χ1n) is 4.59. The van der Waals surface area contributed by atoms with E-state index in [1.165, 1.54) is 17.7 Å². The fraction of sp³-hybridized carbons (Fsp3) is 0.364. The molecule has 0 radical (unpaired) electrons. The number of nitriles is 1. The average Bonchev–Trinajstić information content (AvgIpc) is 2.19. The Kier molecular flexibility index (Phi) is 1.94. The number of anilines is 1. The molecule has 0 atom stereocenters. The summed E-state index contributed by atoms with van der Waals surface area (Å²) in [5.41, 5.74) is 4.49. The van der Waals surface area contributed by atoms with Crippen molar-refractivity contribution in [3.63, 3.8) is 0 Å². The van der Waals surface area contributed by atoms with E-state index in [2.05, 4.69) is 11.4 Å². The highest BCUT2D eigenvalue weighted by Crippen LogP contribution is 2.26. The number of nitrogens with one attached hydrogen (secondary N) is 1. The fourth-order valence-corrected chi connectivity index (χ4v) is 1.85. The molecule has 0 saturated carbocycles. The second-order valence-electron chi connectivity index (χ2n) is 3.41. The summed E-state index contributed by atoms with van der Waals surface area (Å²) in [5, 5.41) is 12.2. The zero-order valence-corrected chi connectivity index (χ0v) is 7.72. The lowest BCUT2D eigenvalue weighted by atomic mass is 9.95. The van der Waals surface area contributed by atoms with Crippen LogP contribution >= 0.6 is 0 Å². The highest BCUT2D eigenvalue weighted by molar-refractivity contribution is 5.60. The zero-order chi connectivity index (χ0) is 9.26. The number of hydrogen-bond donors (Lipinski definition) is 1. The molecule has 1 aromatic rings. The van der Waals surface area contributed by atoms with Crippen LogP contribution in [0, 0.1) is 18.3 Å². The van der Waals surface area contributed by atoms with Gasteiger partial charge in [0.1, 0.15) is 0 Å². The van der Waals surface area contributed by atoms with Crippen molar-refractivity contribution in [1.29, 1.82) is 5.26 Å². The molecule has 1 N–H and O–H groups in total. The van der Waals surface area contributed by atoms with Crippen LogP contribution in [0.3, 0.4) is 0 Å². The molecular weight excluding hydrogens is 160 g/mol. The highest BCUT2D eigenvalue weighted by atomic mass is 14.9. The van der Waals surface area contributed by atoms with E-state index in [0.717, 1.165) is 24.1 Å². The Morgan fingerprint density at radius 3 is 3.08 bits per heavy atom. The molecule has 1 heterocycles. The molecule has 0 amide bonds. The molecular formula is C11H12N2. The zero-order valence-electron chi connectivity index (χ0n) is 7.72. The molecule has 2 rings (SSSR count). The Labute approximate surface area is 78.2 Å². The maximum Gasteiger partial charge on any atom is 0.0994 e. The van der Waals surface area contributed by atoms with Crippen molar-refractivity contribution in [3.8, 4) is 6.07 Å². The SMILES string of the molecule is Cc1c(C#N)ccc2c1CCCN2. The van der Waals surface area contributed by atoms with Gasteiger partial charge in [-0.05, 0) is 43.0 Å². The van der Waals surface area contributed by atoms with E-state index < -0.39 is 0 Å². The number of hydrogen-bond acceptors (Lipinski definition) is 2. The minimum atomic E-state index is 0.808. The predicted octanol–water partition coefficient (Wildman–Crippen LogP) is 2.22. The van der Waals surface area contributed by atoms with E-state index in [1.54, 1.807) is 0 Å². The van der Waals surface area contributed by atoms with Gasteiger partial charge in [-0.15, -0.1) is 0 Å². The molecule has 66 valence electrons. The Bertz CT molecular complexity index is 374. The summed E-state index contributed by atoms with van der Waals surface area (Å²) in [4.78, 5) is 0. The van der Waals surface area contributed by atoms with Crippen LogP contribution in [0.15, 0.2) is 12.1 Å². The van der Waals surface area contributed by atoms with Crippen LogP contribution < -0.4 is 5.32 Å². The third-order valence-electron chi connectivity index (χ3n) is 2.64. The molecule has 1 aliphatic heterocycles. The van der Waals surface area contributed by atoms with Gasteiger partial charge >= 0.3 is 0 Å². The predicted molar refractivity (Wildman–Crippen MR) is 52.7 cm³/mol. The lowest BCUT2D eigenvalue weighted by Crippen LogP contribution is -2.13. The number of benzene rings is 1. The standard InChI is InChI=1S/C11H12N2/c1-8-9(7-12)4-5-11-10(8)3-2-6-13-11/h4-5,13H,2-3,6H2,1H3. The van der Waals surface area contributed by atoms with Gasteiger partial charge in [-0.3, -0.25) is 0 Å². The van der Waals surface area contributed by atoms with Crippen LogP contribution in [0.2, 0.25) is 0 Å². The van der Waals surface area contributed by atoms with Gasteiger partial charge in [-0.25, -0.2) is 0 Å². The molecule has 0 saturated heterocycles. The van der Waals surface area contributed by atoms with Gasteiger partial charge in [-0.2, -0.15) is 5.26 Å². The van der Waals surface area contributed by atoms with Crippen molar-refractivity contribution in [2.75, 3.05) is 11.9 Å². The largest absolute Gasteiger partial charge is 0.385 e. The Balaban J connectivity index is 2.56. The molecule has 0 spiro atoms. The molecule has 0 aromatic heterocycles. The average molecular weight is 172 g/mol. The third-order valence-corrected chi connectivity index (χ3v) is 2.64. The molecule has 13 heavy (non-hydrogen) atoms. The molecule has 2 nitrogen and oxygen atoms in total. The van der Waals surface area contributed by atoms with E-state index in [9.17, 15) is 0 Å². The van der Waals surface area contributed by atoms with E-state index in [1.807, 2.05) is 19.1 Å². The first-order valence-corrected chi connectivity index (χ1v) is 4.59. The number of rotatable bonds is 0. The maximum absolute atomic E-state index is 8.85. The topological polar surface area (TPSA) is 35.8 Å². The van der Waals surface area contributed by atoms with Crippen molar-refractivity contribution in [3.05, 3.63) is 28.8 Å². The van der Waals surface area contributed by atoms with Gasteiger partial charge in [0, 0.05) is 12.2 Å². The summed E-state index contributed by atoms with van der Waals surface area (Å²) in [6.45, 7) is 3.09. The molecule has 2 heteroatoms.